The molecule has 0 radical (unpaired) electrons. The van der Waals surface area contributed by atoms with E-state index in [1.807, 2.05) is 67.5 Å². The highest BCUT2D eigenvalue weighted by atomic mass is 16.7. The van der Waals surface area contributed by atoms with Crippen molar-refractivity contribution < 1.29 is 38.3 Å². The summed E-state index contributed by atoms with van der Waals surface area (Å²) in [4.78, 5) is 73.9. The number of primary amides is 1. The zero-order valence-electron chi connectivity index (χ0n) is 31.0. The van der Waals surface area contributed by atoms with Gasteiger partial charge in [0.25, 0.3) is 5.91 Å². The zero-order valence-corrected chi connectivity index (χ0v) is 31.0. The van der Waals surface area contributed by atoms with E-state index in [0.29, 0.717) is 31.1 Å². The molecule has 4 rings (SSSR count). The Labute approximate surface area is 295 Å². The average Bonchev–Trinajstić information content (AvgIpc) is 3.61. The molecule has 2 fully saturated rings. The molecule has 13 nitrogen and oxygen atoms in total. The van der Waals surface area contributed by atoms with Crippen molar-refractivity contribution in [2.24, 2.45) is 28.1 Å². The average molecular weight is 698 g/mol. The number of nitrogens with two attached hydrogens (primary N) is 1. The summed E-state index contributed by atoms with van der Waals surface area (Å²) in [6.45, 7) is 17.7. The van der Waals surface area contributed by atoms with Gasteiger partial charge in [-0.1, -0.05) is 52.6 Å². The summed E-state index contributed by atoms with van der Waals surface area (Å²) in [5.41, 5.74) is 6.91. The Morgan fingerprint density at radius 2 is 1.72 bits per heavy atom. The molecule has 0 bridgehead atoms. The number of nitrogens with one attached hydrogen (secondary N) is 2. The summed E-state index contributed by atoms with van der Waals surface area (Å²) in [6.07, 6.45) is 1.98. The zero-order chi connectivity index (χ0) is 37.1. The quantitative estimate of drug-likeness (QED) is 0.244. The summed E-state index contributed by atoms with van der Waals surface area (Å²) < 4.78 is 11.4. The Kier molecular flexibility index (Phi) is 11.9. The third kappa shape index (κ3) is 9.33. The second-order valence-corrected chi connectivity index (χ2v) is 15.8. The highest BCUT2D eigenvalue weighted by Crippen LogP contribution is 2.41. The largest absolute Gasteiger partial charge is 0.493 e. The number of ether oxygens (including phenoxy) is 2. The van der Waals surface area contributed by atoms with Crippen molar-refractivity contribution in [3.8, 4) is 5.75 Å². The van der Waals surface area contributed by atoms with Crippen molar-refractivity contribution in [3.63, 3.8) is 0 Å². The predicted octanol–water partition coefficient (Wildman–Crippen LogP) is 4.08. The number of carbonyl (C=O) groups excluding carboxylic acids is 5. The van der Waals surface area contributed by atoms with E-state index in [0.717, 1.165) is 35.3 Å². The third-order valence-electron chi connectivity index (χ3n) is 9.54. The Hall–Kier alpha value is -4.16. The van der Waals surface area contributed by atoms with Crippen molar-refractivity contribution in [1.82, 2.24) is 15.5 Å². The summed E-state index contributed by atoms with van der Waals surface area (Å²) in [6, 6.07) is 0.682. The van der Waals surface area contributed by atoms with E-state index in [2.05, 4.69) is 15.8 Å². The molecule has 5 atom stereocenters. The maximum atomic E-state index is 14.5. The fourth-order valence-corrected chi connectivity index (χ4v) is 6.99. The molecule has 0 unspecified atom stereocenters. The highest BCUT2D eigenvalue weighted by Gasteiger charge is 2.56. The minimum absolute atomic E-state index is 0.00394. The molecule has 1 spiro atoms. The van der Waals surface area contributed by atoms with Crippen LogP contribution in [0.3, 0.4) is 0 Å². The summed E-state index contributed by atoms with van der Waals surface area (Å²) >= 11 is 0. The van der Waals surface area contributed by atoms with Crippen LogP contribution in [0.25, 0.3) is 0 Å². The number of likely N-dealkylation sites (tertiary alicyclic amines) is 1. The Morgan fingerprint density at radius 1 is 1.08 bits per heavy atom. The van der Waals surface area contributed by atoms with Gasteiger partial charge in [0.05, 0.1) is 24.9 Å². The molecule has 1 aromatic rings. The number of carbonyl (C=O) groups is 5. The topological polar surface area (TPSA) is 179 Å². The standard InChI is InChI=1S/C37H55N5O8/c1-10-48-30-21(4)14-25(15-22(30)5)27-17-37(50-41-27)18-28(33(45)39-26(16-24-11-12-24)29(43)32(38)44)42(19-37)34(46)31(36(7,8)9)40-35(47)49-23(6)13-20(2)3/h14-15,20,23-24,26,28,31H,10-13,16-19H2,1-9H3,(H2,38,44)(H,39,45)(H,40,47)/t23-,26-,28-,31+,37+/m0/s1. The summed E-state index contributed by atoms with van der Waals surface area (Å²) in [5, 5.41) is 9.95. The van der Waals surface area contributed by atoms with Gasteiger partial charge in [0.15, 0.2) is 5.60 Å². The van der Waals surface area contributed by atoms with E-state index in [-0.39, 0.29) is 31.4 Å². The van der Waals surface area contributed by atoms with Gasteiger partial charge in [-0.2, -0.15) is 0 Å². The van der Waals surface area contributed by atoms with E-state index < -0.39 is 58.7 Å². The molecule has 3 aliphatic rings. The first-order valence-electron chi connectivity index (χ1n) is 17.7. The highest BCUT2D eigenvalue weighted by molar-refractivity contribution is 6.37. The maximum Gasteiger partial charge on any atom is 0.408 e. The normalized spacial score (nSPS) is 22.0. The van der Waals surface area contributed by atoms with Crippen LogP contribution in [0.1, 0.15) is 104 Å². The van der Waals surface area contributed by atoms with Crippen molar-refractivity contribution in [3.05, 3.63) is 28.8 Å². The van der Waals surface area contributed by atoms with Crippen molar-refractivity contribution >= 4 is 35.3 Å². The molecule has 1 aromatic carbocycles. The van der Waals surface area contributed by atoms with E-state index >= 15 is 0 Å². The van der Waals surface area contributed by atoms with Crippen LogP contribution in [-0.4, -0.2) is 83.2 Å². The molecule has 2 heterocycles. The molecular weight excluding hydrogens is 642 g/mol. The number of ketones is 1. The second kappa shape index (κ2) is 15.4. The van der Waals surface area contributed by atoms with Crippen LogP contribution < -0.4 is 21.1 Å². The van der Waals surface area contributed by atoms with Crippen LogP contribution >= 0.6 is 0 Å². The molecular formula is C37H55N5O8. The monoisotopic (exact) mass is 697 g/mol. The van der Waals surface area contributed by atoms with Gasteiger partial charge in [-0.15, -0.1) is 0 Å². The number of oxime groups is 1. The number of Topliss-reactive ketones (excluding diaryl/α,β-unsaturated/α-hetero) is 1. The van der Waals surface area contributed by atoms with Gasteiger partial charge < -0.3 is 35.6 Å². The summed E-state index contributed by atoms with van der Waals surface area (Å²) in [5.74, 6) is -1.82. The maximum absolute atomic E-state index is 14.5. The van der Waals surface area contributed by atoms with Crippen molar-refractivity contribution in [2.45, 2.75) is 131 Å². The van der Waals surface area contributed by atoms with Gasteiger partial charge in [0.1, 0.15) is 23.9 Å². The minimum atomic E-state index is -1.13. The fourth-order valence-electron chi connectivity index (χ4n) is 6.99. The van der Waals surface area contributed by atoms with E-state index in [4.69, 9.17) is 20.0 Å². The van der Waals surface area contributed by atoms with Crippen molar-refractivity contribution in [2.75, 3.05) is 13.2 Å². The van der Waals surface area contributed by atoms with Gasteiger partial charge >= 0.3 is 6.09 Å². The predicted molar refractivity (Wildman–Crippen MR) is 187 cm³/mol. The first kappa shape index (κ1) is 38.6. The number of nitrogens with zero attached hydrogens (tertiary/aromatic N) is 2. The van der Waals surface area contributed by atoms with Gasteiger partial charge in [-0.3, -0.25) is 19.2 Å². The molecule has 1 saturated carbocycles. The molecule has 4 amide bonds. The second-order valence-electron chi connectivity index (χ2n) is 15.8. The van der Waals surface area contributed by atoms with Crippen molar-refractivity contribution in [1.29, 1.82) is 0 Å². The number of rotatable bonds is 14. The molecule has 0 aromatic heterocycles. The number of aryl methyl sites for hydroxylation is 2. The first-order valence-corrected chi connectivity index (χ1v) is 17.7. The van der Waals surface area contributed by atoms with Crippen LogP contribution in [0, 0.1) is 31.1 Å². The number of alkyl carbamates (subject to hydrolysis) is 1. The van der Waals surface area contributed by atoms with E-state index in [1.165, 1.54) is 4.90 Å². The van der Waals surface area contributed by atoms with Gasteiger partial charge in [0, 0.05) is 18.4 Å². The lowest BCUT2D eigenvalue weighted by Gasteiger charge is -2.35. The minimum Gasteiger partial charge on any atom is -0.493 e. The molecule has 13 heteroatoms. The number of hydrogen-bond acceptors (Lipinski definition) is 9. The lowest BCUT2D eigenvalue weighted by Crippen LogP contribution is -2.59. The van der Waals surface area contributed by atoms with Crippen LogP contribution in [0.2, 0.25) is 0 Å². The molecule has 4 N–H and O–H groups in total. The Morgan fingerprint density at radius 3 is 2.26 bits per heavy atom. The molecule has 2 aliphatic heterocycles. The van der Waals surface area contributed by atoms with Gasteiger partial charge in [-0.05, 0) is 81.0 Å². The molecule has 1 aliphatic carbocycles. The SMILES string of the molecule is CCOc1c(C)cc(C2=NO[C@]3(C2)C[C@@H](C(=O)N[C@@H](CC2CC2)C(=O)C(N)=O)N(C(=O)[C@@H](NC(=O)O[C@@H](C)CC(C)C)C(C)(C)C)C3)cc1C. The van der Waals surface area contributed by atoms with Crippen LogP contribution in [0.4, 0.5) is 4.79 Å². The van der Waals surface area contributed by atoms with Gasteiger partial charge in [-0.25, -0.2) is 4.79 Å². The Balaban J connectivity index is 1.63. The van der Waals surface area contributed by atoms with Crippen LogP contribution in [0.5, 0.6) is 5.75 Å². The number of hydrogen-bond donors (Lipinski definition) is 3. The lowest BCUT2D eigenvalue weighted by molar-refractivity contribution is -0.143. The van der Waals surface area contributed by atoms with Crippen LogP contribution in [-0.2, 0) is 28.8 Å². The van der Waals surface area contributed by atoms with E-state index in [1.54, 1.807) is 6.92 Å². The molecule has 1 saturated heterocycles. The first-order chi connectivity index (χ1) is 23.3. The number of amides is 4. The van der Waals surface area contributed by atoms with E-state index in [9.17, 15) is 24.0 Å². The third-order valence-corrected chi connectivity index (χ3v) is 9.54. The smallest absolute Gasteiger partial charge is 0.408 e. The Bertz CT molecular complexity index is 1490. The number of benzene rings is 1. The molecule has 50 heavy (non-hydrogen) atoms. The lowest BCUT2D eigenvalue weighted by atomic mass is 9.85. The molecule has 276 valence electrons. The summed E-state index contributed by atoms with van der Waals surface area (Å²) in [7, 11) is 0. The van der Waals surface area contributed by atoms with Gasteiger partial charge in [0.2, 0.25) is 17.6 Å². The van der Waals surface area contributed by atoms with Crippen LogP contribution in [0.15, 0.2) is 17.3 Å². The fraction of sp³-hybridized carbons (Fsp3) is 0.676.